The number of nitrogens with one attached hydrogen (secondary N) is 1. The van der Waals surface area contributed by atoms with Gasteiger partial charge in [0.2, 0.25) is 0 Å². The van der Waals surface area contributed by atoms with Crippen molar-refractivity contribution in [1.29, 1.82) is 0 Å². The number of benzene rings is 1. The molecule has 0 aliphatic heterocycles. The van der Waals surface area contributed by atoms with Gasteiger partial charge in [0.05, 0.1) is 6.10 Å². The van der Waals surface area contributed by atoms with Crippen LogP contribution in [0.1, 0.15) is 31.4 Å². The highest BCUT2D eigenvalue weighted by molar-refractivity contribution is 5.23. The van der Waals surface area contributed by atoms with Gasteiger partial charge >= 0.3 is 0 Å². The van der Waals surface area contributed by atoms with Crippen molar-refractivity contribution in [2.24, 2.45) is 0 Å². The van der Waals surface area contributed by atoms with E-state index in [1.807, 2.05) is 6.92 Å². The first-order valence-electron chi connectivity index (χ1n) is 5.84. The molecular weight excluding hydrogens is 243 g/mol. The largest absolute Gasteiger partial charge is 0.382 e. The first kappa shape index (κ1) is 15.0. The second kappa shape index (κ2) is 6.75. The minimum Gasteiger partial charge on any atom is -0.382 e. The maximum absolute atomic E-state index is 13.6. The number of halogens is 3. The van der Waals surface area contributed by atoms with Crippen molar-refractivity contribution in [3.63, 3.8) is 0 Å². The number of hydrogen-bond acceptors (Lipinski definition) is 2. The molecule has 1 aromatic carbocycles. The van der Waals surface area contributed by atoms with E-state index < -0.39 is 17.5 Å². The lowest BCUT2D eigenvalue weighted by atomic mass is 9.99. The Morgan fingerprint density at radius 1 is 1.17 bits per heavy atom. The lowest BCUT2D eigenvalue weighted by Gasteiger charge is -2.19. The zero-order valence-corrected chi connectivity index (χ0v) is 10.8. The summed E-state index contributed by atoms with van der Waals surface area (Å²) in [6.07, 6.45) is 1.31. The molecule has 2 unspecified atom stereocenters. The summed E-state index contributed by atoms with van der Waals surface area (Å²) in [5, 5.41) is 2.90. The molecule has 0 fully saturated rings. The Morgan fingerprint density at radius 2 is 1.83 bits per heavy atom. The van der Waals surface area contributed by atoms with Crippen LogP contribution in [0.15, 0.2) is 12.1 Å². The van der Waals surface area contributed by atoms with Crippen molar-refractivity contribution in [3.05, 3.63) is 35.1 Å². The van der Waals surface area contributed by atoms with Crippen LogP contribution in [-0.4, -0.2) is 20.3 Å². The second-order valence-corrected chi connectivity index (χ2v) is 4.23. The van der Waals surface area contributed by atoms with Gasteiger partial charge in [0.25, 0.3) is 0 Å². The second-order valence-electron chi connectivity index (χ2n) is 4.23. The van der Waals surface area contributed by atoms with Gasteiger partial charge in [0.1, 0.15) is 0 Å². The number of hydrogen-bond donors (Lipinski definition) is 1. The van der Waals surface area contributed by atoms with Crippen LogP contribution < -0.4 is 5.32 Å². The molecule has 5 heteroatoms. The number of methoxy groups -OCH3 is 1. The molecule has 2 nitrogen and oxygen atoms in total. The molecule has 0 radical (unpaired) electrons. The fourth-order valence-electron chi connectivity index (χ4n) is 1.78. The summed E-state index contributed by atoms with van der Waals surface area (Å²) >= 11 is 0. The average molecular weight is 261 g/mol. The maximum Gasteiger partial charge on any atom is 0.194 e. The van der Waals surface area contributed by atoms with Crippen LogP contribution in [0.25, 0.3) is 0 Å². The van der Waals surface area contributed by atoms with Crippen LogP contribution in [0, 0.1) is 17.5 Å². The van der Waals surface area contributed by atoms with E-state index in [0.717, 1.165) is 6.07 Å². The fourth-order valence-corrected chi connectivity index (χ4v) is 1.78. The van der Waals surface area contributed by atoms with E-state index in [4.69, 9.17) is 4.74 Å². The normalized spacial score (nSPS) is 14.6. The Morgan fingerprint density at radius 3 is 2.39 bits per heavy atom. The summed E-state index contributed by atoms with van der Waals surface area (Å²) in [6, 6.07) is 1.85. The first-order chi connectivity index (χ1) is 8.51. The van der Waals surface area contributed by atoms with Gasteiger partial charge in [0.15, 0.2) is 17.5 Å². The quantitative estimate of drug-likeness (QED) is 0.794. The predicted molar refractivity (Wildman–Crippen MR) is 63.8 cm³/mol. The van der Waals surface area contributed by atoms with Gasteiger partial charge in [-0.05, 0) is 32.9 Å². The van der Waals surface area contributed by atoms with Crippen molar-refractivity contribution in [3.8, 4) is 0 Å². The zero-order chi connectivity index (χ0) is 13.7. The molecule has 0 aliphatic rings. The Hall–Kier alpha value is -1.07. The summed E-state index contributed by atoms with van der Waals surface area (Å²) in [5.41, 5.74) is 0.139. The third-order valence-corrected chi connectivity index (χ3v) is 3.05. The molecule has 0 spiro atoms. The minimum absolute atomic E-state index is 0.0363. The van der Waals surface area contributed by atoms with Gasteiger partial charge in [-0.3, -0.25) is 0 Å². The summed E-state index contributed by atoms with van der Waals surface area (Å²) in [4.78, 5) is 0. The summed E-state index contributed by atoms with van der Waals surface area (Å²) < 4.78 is 44.7. The molecule has 1 N–H and O–H groups in total. The van der Waals surface area contributed by atoms with Gasteiger partial charge in [-0.1, -0.05) is 6.07 Å². The van der Waals surface area contributed by atoms with Crippen LogP contribution in [0.5, 0.6) is 0 Å². The third-order valence-electron chi connectivity index (χ3n) is 3.05. The highest BCUT2D eigenvalue weighted by Crippen LogP contribution is 2.25. The molecule has 1 aromatic rings. The van der Waals surface area contributed by atoms with Gasteiger partial charge in [0, 0.05) is 18.7 Å². The van der Waals surface area contributed by atoms with Gasteiger partial charge < -0.3 is 10.1 Å². The van der Waals surface area contributed by atoms with E-state index in [9.17, 15) is 13.2 Å². The topological polar surface area (TPSA) is 21.3 Å². The molecule has 0 aliphatic carbocycles. The molecule has 0 aromatic heterocycles. The van der Waals surface area contributed by atoms with Crippen LogP contribution in [0.4, 0.5) is 13.2 Å². The van der Waals surface area contributed by atoms with Crippen LogP contribution >= 0.6 is 0 Å². The maximum atomic E-state index is 13.6. The predicted octanol–water partition coefficient (Wildman–Crippen LogP) is 3.18. The molecule has 1 rings (SSSR count). The van der Waals surface area contributed by atoms with Crippen molar-refractivity contribution in [2.75, 3.05) is 14.2 Å². The number of rotatable bonds is 6. The van der Waals surface area contributed by atoms with E-state index in [2.05, 4.69) is 5.32 Å². The zero-order valence-electron chi connectivity index (χ0n) is 10.8. The summed E-state index contributed by atoms with van der Waals surface area (Å²) in [6.45, 7) is 1.90. The standard InChI is InChI=1S/C13H18F3NO/c1-8(18-3)4-7-11(17-2)9-5-6-10(14)13(16)12(9)15/h5-6,8,11,17H,4,7H2,1-3H3. The highest BCUT2D eigenvalue weighted by Gasteiger charge is 2.20. The van der Waals surface area contributed by atoms with E-state index in [1.165, 1.54) is 6.07 Å². The lowest BCUT2D eigenvalue weighted by Crippen LogP contribution is -2.20. The molecule has 0 bridgehead atoms. The molecule has 102 valence electrons. The summed E-state index contributed by atoms with van der Waals surface area (Å²) in [7, 11) is 3.25. The molecule has 0 saturated heterocycles. The van der Waals surface area contributed by atoms with Crippen molar-refractivity contribution >= 4 is 0 Å². The number of ether oxygens (including phenoxy) is 1. The van der Waals surface area contributed by atoms with E-state index in [0.29, 0.717) is 12.8 Å². The molecular formula is C13H18F3NO. The smallest absolute Gasteiger partial charge is 0.194 e. The first-order valence-corrected chi connectivity index (χ1v) is 5.84. The fraction of sp³-hybridized carbons (Fsp3) is 0.538. The lowest BCUT2D eigenvalue weighted by molar-refractivity contribution is 0.106. The SMILES string of the molecule is CNC(CCC(C)OC)c1ccc(F)c(F)c1F. The average Bonchev–Trinajstić information content (AvgIpc) is 2.38. The third kappa shape index (κ3) is 3.46. The minimum atomic E-state index is -1.42. The van der Waals surface area contributed by atoms with Crippen molar-refractivity contribution < 1.29 is 17.9 Å². The van der Waals surface area contributed by atoms with Gasteiger partial charge in [-0.25, -0.2) is 13.2 Å². The van der Waals surface area contributed by atoms with Gasteiger partial charge in [-0.15, -0.1) is 0 Å². The van der Waals surface area contributed by atoms with E-state index in [-0.39, 0.29) is 17.7 Å². The molecule has 0 saturated carbocycles. The Balaban J connectivity index is 2.85. The van der Waals surface area contributed by atoms with E-state index >= 15 is 0 Å². The summed E-state index contributed by atoms with van der Waals surface area (Å²) in [5.74, 6) is -3.72. The molecule has 2 atom stereocenters. The van der Waals surface area contributed by atoms with Crippen molar-refractivity contribution in [2.45, 2.75) is 31.9 Å². The van der Waals surface area contributed by atoms with Gasteiger partial charge in [-0.2, -0.15) is 0 Å². The molecule has 18 heavy (non-hydrogen) atoms. The van der Waals surface area contributed by atoms with Crippen LogP contribution in [-0.2, 0) is 4.74 Å². The Bertz CT molecular complexity index is 398. The monoisotopic (exact) mass is 261 g/mol. The Labute approximate surface area is 105 Å². The van der Waals surface area contributed by atoms with E-state index in [1.54, 1.807) is 14.2 Å². The Kier molecular flexibility index (Phi) is 5.62. The van der Waals surface area contributed by atoms with Crippen molar-refractivity contribution in [1.82, 2.24) is 5.32 Å². The highest BCUT2D eigenvalue weighted by atomic mass is 19.2. The van der Waals surface area contributed by atoms with Crippen LogP contribution in [0.2, 0.25) is 0 Å². The molecule has 0 heterocycles. The van der Waals surface area contributed by atoms with Crippen LogP contribution in [0.3, 0.4) is 0 Å². The molecule has 0 amide bonds.